The number of nitrogens with zero attached hydrogens (tertiary/aromatic N) is 4. The summed E-state index contributed by atoms with van der Waals surface area (Å²) in [5, 5.41) is 11.2. The summed E-state index contributed by atoms with van der Waals surface area (Å²) in [7, 11) is 0. The van der Waals surface area contributed by atoms with E-state index in [2.05, 4.69) is 6.58 Å². The van der Waals surface area contributed by atoms with Crippen LogP contribution in [0.5, 0.6) is 0 Å². The number of fused-ring (bicyclic) bond motifs is 1. The number of nitriles is 1. The number of rotatable bonds is 6. The Hall–Kier alpha value is -2.92. The molecule has 2 aromatic rings. The van der Waals surface area contributed by atoms with E-state index in [9.17, 15) is 19.6 Å². The van der Waals surface area contributed by atoms with E-state index >= 15 is 0 Å². The molecule has 0 unspecified atom stereocenters. The molecule has 3 rings (SSSR count). The summed E-state index contributed by atoms with van der Waals surface area (Å²) >= 11 is 1.52. The van der Waals surface area contributed by atoms with Crippen LogP contribution in [0.4, 0.5) is 0 Å². The zero-order valence-electron chi connectivity index (χ0n) is 14.2. The molecule has 7 nitrogen and oxygen atoms in total. The van der Waals surface area contributed by atoms with Gasteiger partial charge in [-0.2, -0.15) is 5.26 Å². The molecule has 8 heteroatoms. The van der Waals surface area contributed by atoms with Crippen LogP contribution in [0.15, 0.2) is 39.8 Å². The van der Waals surface area contributed by atoms with Crippen LogP contribution in [0.25, 0.3) is 0 Å². The van der Waals surface area contributed by atoms with E-state index in [1.807, 2.05) is 23.6 Å². The Kier molecular flexibility index (Phi) is 5.19. The van der Waals surface area contributed by atoms with Crippen molar-refractivity contribution in [1.82, 2.24) is 14.0 Å². The molecule has 3 heterocycles. The lowest BCUT2D eigenvalue weighted by molar-refractivity contribution is -0.132. The lowest BCUT2D eigenvalue weighted by Crippen LogP contribution is -2.45. The summed E-state index contributed by atoms with van der Waals surface area (Å²) in [6, 6.07) is 5.71. The van der Waals surface area contributed by atoms with Crippen molar-refractivity contribution in [3.8, 4) is 6.07 Å². The maximum atomic E-state index is 12.7. The molecule has 0 N–H and O–H groups in total. The lowest BCUT2D eigenvalue weighted by atomic mass is 10.2. The third-order valence-corrected chi connectivity index (χ3v) is 5.23. The van der Waals surface area contributed by atoms with Gasteiger partial charge in [0.05, 0.1) is 6.54 Å². The molecule has 26 heavy (non-hydrogen) atoms. The van der Waals surface area contributed by atoms with Gasteiger partial charge in [0.15, 0.2) is 0 Å². The molecule has 0 spiro atoms. The molecule has 1 amide bonds. The van der Waals surface area contributed by atoms with Gasteiger partial charge in [-0.15, -0.1) is 17.9 Å². The molecule has 1 aliphatic heterocycles. The van der Waals surface area contributed by atoms with Gasteiger partial charge in [-0.3, -0.25) is 14.2 Å². The molecule has 0 radical (unpaired) electrons. The van der Waals surface area contributed by atoms with Gasteiger partial charge in [-0.05, 0) is 24.3 Å². The van der Waals surface area contributed by atoms with E-state index in [-0.39, 0.29) is 18.0 Å². The van der Waals surface area contributed by atoms with Gasteiger partial charge in [-0.1, -0.05) is 12.1 Å². The quantitative estimate of drug-likeness (QED) is 0.713. The third-order valence-electron chi connectivity index (χ3n) is 4.36. The Labute approximate surface area is 154 Å². The van der Waals surface area contributed by atoms with Gasteiger partial charge in [0.2, 0.25) is 5.91 Å². The second-order valence-corrected chi connectivity index (χ2v) is 7.04. The van der Waals surface area contributed by atoms with Crippen molar-refractivity contribution in [3.63, 3.8) is 0 Å². The number of carbonyl (C=O) groups is 1. The number of thiophene rings is 1. The van der Waals surface area contributed by atoms with Gasteiger partial charge < -0.3 is 4.90 Å². The van der Waals surface area contributed by atoms with Crippen molar-refractivity contribution in [3.05, 3.63) is 67.1 Å². The minimum Gasteiger partial charge on any atom is -0.332 e. The van der Waals surface area contributed by atoms with Crippen molar-refractivity contribution in [2.75, 3.05) is 6.54 Å². The predicted octanol–water partition coefficient (Wildman–Crippen LogP) is 1.10. The van der Waals surface area contributed by atoms with Gasteiger partial charge in [0.1, 0.15) is 18.2 Å². The van der Waals surface area contributed by atoms with Crippen LogP contribution in [0.3, 0.4) is 0 Å². The van der Waals surface area contributed by atoms with Crippen molar-refractivity contribution in [2.24, 2.45) is 0 Å². The van der Waals surface area contributed by atoms with Crippen molar-refractivity contribution < 1.29 is 4.79 Å². The molecule has 0 bridgehead atoms. The van der Waals surface area contributed by atoms with E-state index in [1.54, 1.807) is 6.08 Å². The summed E-state index contributed by atoms with van der Waals surface area (Å²) in [6.45, 7) is 4.43. The van der Waals surface area contributed by atoms with E-state index in [1.165, 1.54) is 20.8 Å². The number of aromatic nitrogens is 2. The highest BCUT2D eigenvalue weighted by atomic mass is 32.1. The van der Waals surface area contributed by atoms with Crippen LogP contribution >= 0.6 is 11.3 Å². The molecular weight excluding hydrogens is 352 g/mol. The van der Waals surface area contributed by atoms with Crippen molar-refractivity contribution in [2.45, 2.75) is 32.5 Å². The first-order valence-corrected chi connectivity index (χ1v) is 9.12. The Morgan fingerprint density at radius 2 is 2.27 bits per heavy atom. The number of hydrogen-bond acceptors (Lipinski definition) is 5. The SMILES string of the molecule is C=CCN(Cc1cccs1)C(=O)Cn1c(=O)c(C#N)c2n(c1=O)CCC2. The maximum Gasteiger partial charge on any atom is 0.331 e. The fourth-order valence-electron chi connectivity index (χ4n) is 3.12. The second kappa shape index (κ2) is 7.54. The van der Waals surface area contributed by atoms with Crippen LogP contribution in [-0.4, -0.2) is 26.5 Å². The van der Waals surface area contributed by atoms with E-state index in [0.717, 1.165) is 9.44 Å². The zero-order valence-corrected chi connectivity index (χ0v) is 15.0. The first-order chi connectivity index (χ1) is 12.6. The Bertz CT molecular complexity index is 995. The summed E-state index contributed by atoms with van der Waals surface area (Å²) in [4.78, 5) is 40.4. The highest BCUT2D eigenvalue weighted by Crippen LogP contribution is 2.14. The normalized spacial score (nSPS) is 12.4. The summed E-state index contributed by atoms with van der Waals surface area (Å²) in [5.41, 5.74) is -0.769. The number of hydrogen-bond donors (Lipinski definition) is 0. The van der Waals surface area contributed by atoms with E-state index in [0.29, 0.717) is 38.2 Å². The van der Waals surface area contributed by atoms with Crippen LogP contribution in [0, 0.1) is 11.3 Å². The summed E-state index contributed by atoms with van der Waals surface area (Å²) < 4.78 is 2.31. The molecule has 2 aromatic heterocycles. The smallest absolute Gasteiger partial charge is 0.331 e. The van der Waals surface area contributed by atoms with Crippen LogP contribution < -0.4 is 11.2 Å². The average molecular weight is 370 g/mol. The molecule has 0 aromatic carbocycles. The fraction of sp³-hybridized carbons (Fsp3) is 0.333. The number of amides is 1. The Morgan fingerprint density at radius 3 is 2.92 bits per heavy atom. The summed E-state index contributed by atoms with van der Waals surface area (Å²) in [6.07, 6.45) is 2.84. The third kappa shape index (κ3) is 3.26. The van der Waals surface area contributed by atoms with E-state index < -0.39 is 11.2 Å². The zero-order chi connectivity index (χ0) is 18.7. The molecule has 0 fully saturated rings. The Morgan fingerprint density at radius 1 is 1.46 bits per heavy atom. The molecule has 134 valence electrons. The van der Waals surface area contributed by atoms with Crippen molar-refractivity contribution in [1.29, 1.82) is 5.26 Å². The van der Waals surface area contributed by atoms with E-state index in [4.69, 9.17) is 0 Å². The largest absolute Gasteiger partial charge is 0.332 e. The molecule has 0 aliphatic carbocycles. The van der Waals surface area contributed by atoms with Gasteiger partial charge in [0, 0.05) is 23.7 Å². The minimum absolute atomic E-state index is 0.0385. The molecular formula is C18H18N4O3S. The van der Waals surface area contributed by atoms with Crippen LogP contribution in [0.1, 0.15) is 22.6 Å². The van der Waals surface area contributed by atoms with Crippen molar-refractivity contribution >= 4 is 17.2 Å². The molecule has 0 saturated carbocycles. The molecule has 0 atom stereocenters. The lowest BCUT2D eigenvalue weighted by Gasteiger charge is -2.21. The monoisotopic (exact) mass is 370 g/mol. The fourth-order valence-corrected chi connectivity index (χ4v) is 3.84. The van der Waals surface area contributed by atoms with Gasteiger partial charge >= 0.3 is 5.69 Å². The first kappa shape index (κ1) is 17.9. The highest BCUT2D eigenvalue weighted by molar-refractivity contribution is 7.09. The number of carbonyl (C=O) groups excluding carboxylic acids is 1. The van der Waals surface area contributed by atoms with Crippen LogP contribution in [-0.2, 0) is 30.8 Å². The van der Waals surface area contributed by atoms with Gasteiger partial charge in [0.25, 0.3) is 5.56 Å². The Balaban J connectivity index is 1.93. The molecule has 1 aliphatic rings. The highest BCUT2D eigenvalue weighted by Gasteiger charge is 2.24. The van der Waals surface area contributed by atoms with Crippen LogP contribution in [0.2, 0.25) is 0 Å². The first-order valence-electron chi connectivity index (χ1n) is 8.24. The summed E-state index contributed by atoms with van der Waals surface area (Å²) in [5.74, 6) is -0.361. The average Bonchev–Trinajstić information content (AvgIpc) is 3.30. The predicted molar refractivity (Wildman–Crippen MR) is 97.9 cm³/mol. The molecule has 0 saturated heterocycles. The van der Waals surface area contributed by atoms with Gasteiger partial charge in [-0.25, -0.2) is 9.36 Å². The topological polar surface area (TPSA) is 88.1 Å². The minimum atomic E-state index is -0.686. The second-order valence-electron chi connectivity index (χ2n) is 6.00. The standard InChI is InChI=1S/C18H18N4O3S/c1-2-7-20(11-13-5-4-9-26-13)16(23)12-22-17(24)14(10-19)15-6-3-8-21(15)18(22)25/h2,4-5,9H,1,3,6-8,11-12H2. The maximum absolute atomic E-state index is 12.7.